The van der Waals surface area contributed by atoms with Crippen molar-refractivity contribution in [2.75, 3.05) is 12.4 Å². The van der Waals surface area contributed by atoms with Crippen molar-refractivity contribution >= 4 is 44.3 Å². The highest BCUT2D eigenvalue weighted by molar-refractivity contribution is 7.22. The van der Waals surface area contributed by atoms with E-state index in [1.807, 2.05) is 13.0 Å². The van der Waals surface area contributed by atoms with Gasteiger partial charge in [-0.05, 0) is 44.5 Å². The van der Waals surface area contributed by atoms with Crippen molar-refractivity contribution in [1.82, 2.24) is 19.9 Å². The minimum Gasteiger partial charge on any atom is -0.494 e. The average molecular weight is 484 g/mol. The van der Waals surface area contributed by atoms with Crippen LogP contribution in [0.5, 0.6) is 5.75 Å². The van der Waals surface area contributed by atoms with Gasteiger partial charge < -0.3 is 9.84 Å². The minimum absolute atomic E-state index is 0.283. The van der Waals surface area contributed by atoms with Gasteiger partial charge in [-0.25, -0.2) is 9.97 Å². The number of hydrogen-bond acceptors (Lipinski definition) is 8. The number of halogens is 1. The van der Waals surface area contributed by atoms with E-state index in [1.165, 1.54) is 30.8 Å². The third kappa shape index (κ3) is 5.27. The predicted molar refractivity (Wildman–Crippen MR) is 129 cm³/mol. The van der Waals surface area contributed by atoms with E-state index in [1.54, 1.807) is 32.2 Å². The molecular formula is C23H22ClN5O3S. The van der Waals surface area contributed by atoms with Crippen LogP contribution in [0.25, 0.3) is 21.5 Å². The lowest BCUT2D eigenvalue weighted by Crippen LogP contribution is -2.21. The summed E-state index contributed by atoms with van der Waals surface area (Å²) < 4.78 is 6.24. The highest BCUT2D eigenvalue weighted by Gasteiger charge is 2.20. The number of nitrogens with one attached hydrogen (secondary N) is 1. The number of aryl methyl sites for hydroxylation is 1. The van der Waals surface area contributed by atoms with E-state index >= 15 is 0 Å². The van der Waals surface area contributed by atoms with Gasteiger partial charge in [-0.1, -0.05) is 22.9 Å². The molecule has 1 amide bonds. The first-order valence-electron chi connectivity index (χ1n) is 10.1. The number of aromatic nitrogens is 4. The van der Waals surface area contributed by atoms with E-state index in [0.717, 1.165) is 16.0 Å². The molecule has 33 heavy (non-hydrogen) atoms. The van der Waals surface area contributed by atoms with E-state index in [2.05, 4.69) is 25.3 Å². The maximum Gasteiger partial charge on any atom is 0.259 e. The Morgan fingerprint density at radius 3 is 2.67 bits per heavy atom. The Morgan fingerprint density at radius 2 is 1.94 bits per heavy atom. The molecule has 0 spiro atoms. The second kappa shape index (κ2) is 9.01. The molecule has 0 atom stereocenters. The zero-order valence-corrected chi connectivity index (χ0v) is 20.1. The molecule has 4 aromatic heterocycles. The number of thiazole rings is 1. The molecule has 0 aliphatic heterocycles. The molecular weight excluding hydrogens is 462 g/mol. The van der Waals surface area contributed by atoms with E-state index in [-0.39, 0.29) is 11.1 Å². The number of aliphatic hydroxyl groups is 1. The van der Waals surface area contributed by atoms with Crippen LogP contribution in [0.2, 0.25) is 5.15 Å². The summed E-state index contributed by atoms with van der Waals surface area (Å²) >= 11 is 7.42. The van der Waals surface area contributed by atoms with Crippen LogP contribution in [0.15, 0.2) is 36.8 Å². The molecule has 8 nitrogen and oxygen atoms in total. The minimum atomic E-state index is -0.844. The molecule has 0 fully saturated rings. The maximum atomic E-state index is 13.2. The molecule has 0 aromatic carbocycles. The molecule has 4 heterocycles. The van der Waals surface area contributed by atoms with Crippen LogP contribution in [-0.2, 0) is 6.42 Å². The second-order valence-corrected chi connectivity index (χ2v) is 9.62. The van der Waals surface area contributed by atoms with Crippen LogP contribution < -0.4 is 10.1 Å². The zero-order chi connectivity index (χ0) is 23.8. The molecule has 4 rings (SSSR count). The number of amides is 1. The van der Waals surface area contributed by atoms with Crippen LogP contribution >= 0.6 is 22.9 Å². The van der Waals surface area contributed by atoms with Crippen LogP contribution in [0.4, 0.5) is 5.13 Å². The van der Waals surface area contributed by atoms with Crippen molar-refractivity contribution in [3.63, 3.8) is 0 Å². The molecule has 0 saturated heterocycles. The first kappa shape index (κ1) is 23.0. The maximum absolute atomic E-state index is 13.2. The number of hydrogen-bond donors (Lipinski definition) is 2. The number of pyridine rings is 3. The van der Waals surface area contributed by atoms with Crippen molar-refractivity contribution in [2.24, 2.45) is 0 Å². The second-order valence-electron chi connectivity index (χ2n) is 8.21. The largest absolute Gasteiger partial charge is 0.494 e. The monoisotopic (exact) mass is 483 g/mol. The lowest BCUT2D eigenvalue weighted by atomic mass is 10.0. The summed E-state index contributed by atoms with van der Waals surface area (Å²) in [4.78, 5) is 30.3. The van der Waals surface area contributed by atoms with Crippen molar-refractivity contribution < 1.29 is 14.6 Å². The van der Waals surface area contributed by atoms with Crippen LogP contribution in [0.1, 0.15) is 35.5 Å². The van der Waals surface area contributed by atoms with E-state index in [9.17, 15) is 9.90 Å². The zero-order valence-electron chi connectivity index (χ0n) is 18.5. The number of carbonyl (C=O) groups is 1. The van der Waals surface area contributed by atoms with Gasteiger partial charge in [-0.3, -0.25) is 15.1 Å². The first-order chi connectivity index (χ1) is 15.6. The fourth-order valence-electron chi connectivity index (χ4n) is 3.43. The molecule has 0 aliphatic carbocycles. The Hall–Kier alpha value is -3.14. The van der Waals surface area contributed by atoms with Gasteiger partial charge in [0.1, 0.15) is 10.9 Å². The highest BCUT2D eigenvalue weighted by atomic mass is 35.5. The van der Waals surface area contributed by atoms with Crippen LogP contribution in [0, 0.1) is 6.92 Å². The van der Waals surface area contributed by atoms with Gasteiger partial charge in [-0.2, -0.15) is 4.98 Å². The molecule has 2 N–H and O–H groups in total. The number of fused-ring (bicyclic) bond motifs is 1. The van der Waals surface area contributed by atoms with Crippen molar-refractivity contribution in [3.05, 3.63) is 58.8 Å². The van der Waals surface area contributed by atoms with Crippen molar-refractivity contribution in [2.45, 2.75) is 32.8 Å². The summed E-state index contributed by atoms with van der Waals surface area (Å²) in [5, 5.41) is 13.6. The van der Waals surface area contributed by atoms with Gasteiger partial charge in [0.05, 0.1) is 29.2 Å². The molecule has 10 heteroatoms. The van der Waals surface area contributed by atoms with Gasteiger partial charge in [0, 0.05) is 35.6 Å². The SMILES string of the molecule is COc1cnc(Cl)cc1-c1cc(C)ncc1C(=O)Nc1nc2ncc(CC(C)(C)O)cc2s1. The van der Waals surface area contributed by atoms with Gasteiger partial charge in [0.2, 0.25) is 0 Å². The summed E-state index contributed by atoms with van der Waals surface area (Å²) in [5.74, 6) is 0.117. The lowest BCUT2D eigenvalue weighted by molar-refractivity contribution is 0.0809. The molecule has 0 saturated carbocycles. The lowest BCUT2D eigenvalue weighted by Gasteiger charge is -2.16. The third-order valence-corrected chi connectivity index (χ3v) is 5.90. The van der Waals surface area contributed by atoms with Crippen LogP contribution in [-0.4, -0.2) is 43.7 Å². The molecule has 0 bridgehead atoms. The molecule has 0 aliphatic rings. The number of ether oxygens (including phenoxy) is 1. The normalized spacial score (nSPS) is 11.6. The summed E-state index contributed by atoms with van der Waals surface area (Å²) in [6, 6.07) is 5.37. The van der Waals surface area contributed by atoms with Crippen LogP contribution in [0.3, 0.4) is 0 Å². The Balaban J connectivity index is 1.67. The van der Waals surface area contributed by atoms with Crippen molar-refractivity contribution in [1.29, 1.82) is 0 Å². The Labute approximate surface area is 199 Å². The number of anilines is 1. The fraction of sp³-hybridized carbons (Fsp3) is 0.261. The number of nitrogens with zero attached hydrogens (tertiary/aromatic N) is 4. The summed E-state index contributed by atoms with van der Waals surface area (Å²) in [7, 11) is 1.53. The Kier molecular flexibility index (Phi) is 6.29. The molecule has 170 valence electrons. The standard InChI is InChI=1S/C23H22ClN5O3S/c1-12-5-14(15-7-19(24)26-11-17(15)32-4)16(10-25-12)21(30)29-22-28-20-18(33-22)6-13(9-27-20)8-23(2,3)31/h5-7,9-11,31H,8H2,1-4H3,(H,27,28,29,30). The van der Waals surface area contributed by atoms with Gasteiger partial charge in [-0.15, -0.1) is 0 Å². The van der Waals surface area contributed by atoms with Gasteiger partial charge in [0.25, 0.3) is 5.91 Å². The average Bonchev–Trinajstić information content (AvgIpc) is 3.13. The van der Waals surface area contributed by atoms with E-state index in [4.69, 9.17) is 16.3 Å². The quantitative estimate of drug-likeness (QED) is 0.383. The smallest absolute Gasteiger partial charge is 0.259 e. The van der Waals surface area contributed by atoms with Gasteiger partial charge in [0.15, 0.2) is 10.8 Å². The Morgan fingerprint density at radius 1 is 1.15 bits per heavy atom. The first-order valence-corrected chi connectivity index (χ1v) is 11.3. The van der Waals surface area contributed by atoms with Gasteiger partial charge >= 0.3 is 0 Å². The topological polar surface area (TPSA) is 110 Å². The fourth-order valence-corrected chi connectivity index (χ4v) is 4.47. The highest BCUT2D eigenvalue weighted by Crippen LogP contribution is 2.34. The summed E-state index contributed by atoms with van der Waals surface area (Å²) in [6.07, 6.45) is 5.18. The number of methoxy groups -OCH3 is 1. The molecule has 4 aromatic rings. The molecule has 0 unspecified atom stereocenters. The molecule has 0 radical (unpaired) electrons. The summed E-state index contributed by atoms with van der Waals surface area (Å²) in [5.41, 5.74) is 2.91. The van der Waals surface area contributed by atoms with Crippen molar-refractivity contribution in [3.8, 4) is 16.9 Å². The Bertz CT molecular complexity index is 1350. The summed E-state index contributed by atoms with van der Waals surface area (Å²) in [6.45, 7) is 5.33. The van der Waals surface area contributed by atoms with E-state index in [0.29, 0.717) is 39.6 Å². The number of carbonyl (C=O) groups excluding carboxylic acids is 1. The van der Waals surface area contributed by atoms with E-state index < -0.39 is 5.60 Å². The third-order valence-electron chi connectivity index (χ3n) is 4.79. The number of rotatable bonds is 6. The predicted octanol–water partition coefficient (Wildman–Crippen LogP) is 4.68.